The maximum atomic E-state index is 5.62. The maximum Gasteiger partial charge on any atom is 0.00509 e. The summed E-state index contributed by atoms with van der Waals surface area (Å²) >= 11 is 0. The van der Waals surface area contributed by atoms with Crippen molar-refractivity contribution in [3.8, 4) is 0 Å². The van der Waals surface area contributed by atoms with Gasteiger partial charge in [-0.1, -0.05) is 30.3 Å². The standard InChI is InChI=1S/C9H13N.2ClH/c1-8(10)7-9-5-3-2-4-6-9;;/h2-6,8H,7,10H2,1H3;2*1H/t8-;;/m1../s1. The Kier molecular flexibility index (Phi) is 8.83. The molecule has 1 atom stereocenters. The summed E-state index contributed by atoms with van der Waals surface area (Å²) in [4.78, 5) is 0. The first-order chi connectivity index (χ1) is 4.79. The van der Waals surface area contributed by atoms with E-state index in [2.05, 4.69) is 12.1 Å². The van der Waals surface area contributed by atoms with Gasteiger partial charge in [0.2, 0.25) is 0 Å². The zero-order valence-corrected chi connectivity index (χ0v) is 8.70. The number of hydrogen-bond donors (Lipinski definition) is 1. The summed E-state index contributed by atoms with van der Waals surface area (Å²) in [6.07, 6.45) is 0.973. The molecule has 70 valence electrons. The highest BCUT2D eigenvalue weighted by atomic mass is 35.5. The molecule has 0 bridgehead atoms. The Balaban J connectivity index is 0. The smallest absolute Gasteiger partial charge is 0.00509 e. The van der Waals surface area contributed by atoms with Gasteiger partial charge in [0, 0.05) is 6.04 Å². The van der Waals surface area contributed by atoms with Crippen LogP contribution >= 0.6 is 24.8 Å². The van der Waals surface area contributed by atoms with Gasteiger partial charge in [-0.2, -0.15) is 0 Å². The first-order valence-corrected chi connectivity index (χ1v) is 3.58. The van der Waals surface area contributed by atoms with Crippen LogP contribution in [0.1, 0.15) is 12.5 Å². The molecule has 0 aliphatic rings. The monoisotopic (exact) mass is 207 g/mol. The molecule has 1 rings (SSSR count). The molecule has 1 nitrogen and oxygen atoms in total. The minimum Gasteiger partial charge on any atom is -0.328 e. The summed E-state index contributed by atoms with van der Waals surface area (Å²) in [5.74, 6) is 0. The highest BCUT2D eigenvalue weighted by Gasteiger charge is 1.94. The highest BCUT2D eigenvalue weighted by molar-refractivity contribution is 5.85. The van der Waals surface area contributed by atoms with E-state index in [1.165, 1.54) is 5.56 Å². The largest absolute Gasteiger partial charge is 0.328 e. The van der Waals surface area contributed by atoms with Gasteiger partial charge in [0.15, 0.2) is 0 Å². The van der Waals surface area contributed by atoms with E-state index < -0.39 is 0 Å². The van der Waals surface area contributed by atoms with Gasteiger partial charge in [0.1, 0.15) is 0 Å². The SMILES string of the molecule is C[C@@H](N)Cc1ccccc1.Cl.Cl. The van der Waals surface area contributed by atoms with Crippen molar-refractivity contribution in [3.05, 3.63) is 35.9 Å². The predicted octanol–water partition coefficient (Wildman–Crippen LogP) is 2.42. The fraction of sp³-hybridized carbons (Fsp3) is 0.333. The molecule has 0 amide bonds. The predicted molar refractivity (Wildman–Crippen MR) is 58.3 cm³/mol. The summed E-state index contributed by atoms with van der Waals surface area (Å²) in [7, 11) is 0. The van der Waals surface area contributed by atoms with Gasteiger partial charge < -0.3 is 5.73 Å². The van der Waals surface area contributed by atoms with Gasteiger partial charge in [-0.15, -0.1) is 24.8 Å². The van der Waals surface area contributed by atoms with Crippen molar-refractivity contribution < 1.29 is 0 Å². The average molecular weight is 208 g/mol. The van der Waals surface area contributed by atoms with Crippen LogP contribution in [-0.4, -0.2) is 6.04 Å². The van der Waals surface area contributed by atoms with Gasteiger partial charge in [0.05, 0.1) is 0 Å². The number of rotatable bonds is 2. The molecule has 1 aromatic carbocycles. The summed E-state index contributed by atoms with van der Waals surface area (Å²) < 4.78 is 0. The van der Waals surface area contributed by atoms with E-state index in [0.717, 1.165) is 6.42 Å². The Morgan fingerprint density at radius 3 is 2.08 bits per heavy atom. The molecule has 0 radical (unpaired) electrons. The fourth-order valence-corrected chi connectivity index (χ4v) is 0.986. The third-order valence-electron chi connectivity index (χ3n) is 1.40. The lowest BCUT2D eigenvalue weighted by molar-refractivity contribution is 0.738. The maximum absolute atomic E-state index is 5.62. The molecule has 0 fully saturated rings. The Labute approximate surface area is 86.2 Å². The molecule has 0 heterocycles. The van der Waals surface area contributed by atoms with E-state index in [1.54, 1.807) is 0 Å². The summed E-state index contributed by atoms with van der Waals surface area (Å²) in [5.41, 5.74) is 6.94. The number of benzene rings is 1. The van der Waals surface area contributed by atoms with Gasteiger partial charge in [-0.05, 0) is 18.9 Å². The van der Waals surface area contributed by atoms with Crippen molar-refractivity contribution >= 4 is 24.8 Å². The molecule has 0 aliphatic heterocycles. The molecule has 1 aromatic rings. The Morgan fingerprint density at radius 2 is 1.67 bits per heavy atom. The van der Waals surface area contributed by atoms with Crippen LogP contribution in [0, 0.1) is 0 Å². The first kappa shape index (κ1) is 14.3. The Morgan fingerprint density at radius 1 is 1.17 bits per heavy atom. The lowest BCUT2D eigenvalue weighted by Crippen LogP contribution is -2.17. The average Bonchev–Trinajstić information content (AvgIpc) is 1.88. The number of halogens is 2. The molecule has 2 N–H and O–H groups in total. The minimum atomic E-state index is 0. The summed E-state index contributed by atoms with van der Waals surface area (Å²) in [5, 5.41) is 0. The zero-order valence-electron chi connectivity index (χ0n) is 7.07. The van der Waals surface area contributed by atoms with Crippen LogP contribution < -0.4 is 5.73 Å². The van der Waals surface area contributed by atoms with Gasteiger partial charge >= 0.3 is 0 Å². The second-order valence-electron chi connectivity index (χ2n) is 2.67. The van der Waals surface area contributed by atoms with E-state index in [9.17, 15) is 0 Å². The van der Waals surface area contributed by atoms with Crippen LogP contribution in [0.4, 0.5) is 0 Å². The van der Waals surface area contributed by atoms with Gasteiger partial charge in [-0.25, -0.2) is 0 Å². The quantitative estimate of drug-likeness (QED) is 0.793. The van der Waals surface area contributed by atoms with Crippen molar-refractivity contribution in [2.75, 3.05) is 0 Å². The third-order valence-corrected chi connectivity index (χ3v) is 1.40. The summed E-state index contributed by atoms with van der Waals surface area (Å²) in [6.45, 7) is 2.02. The molecule has 0 saturated heterocycles. The van der Waals surface area contributed by atoms with Gasteiger partial charge in [0.25, 0.3) is 0 Å². The summed E-state index contributed by atoms with van der Waals surface area (Å²) in [6, 6.07) is 10.6. The fourth-order valence-electron chi connectivity index (χ4n) is 0.986. The first-order valence-electron chi connectivity index (χ1n) is 3.58. The van der Waals surface area contributed by atoms with Crippen LogP contribution in [0.3, 0.4) is 0 Å². The van der Waals surface area contributed by atoms with E-state index >= 15 is 0 Å². The van der Waals surface area contributed by atoms with Crippen LogP contribution in [0.5, 0.6) is 0 Å². The van der Waals surface area contributed by atoms with Crippen molar-refractivity contribution in [2.24, 2.45) is 5.73 Å². The van der Waals surface area contributed by atoms with Crippen LogP contribution in [0.2, 0.25) is 0 Å². The molecule has 0 aliphatic carbocycles. The van der Waals surface area contributed by atoms with E-state index in [-0.39, 0.29) is 30.9 Å². The molecule has 0 saturated carbocycles. The Bertz CT molecular complexity index is 187. The van der Waals surface area contributed by atoms with E-state index in [0.29, 0.717) is 0 Å². The normalized spacial score (nSPS) is 10.8. The molecule has 3 heteroatoms. The molecule has 0 unspecified atom stereocenters. The topological polar surface area (TPSA) is 26.0 Å². The zero-order chi connectivity index (χ0) is 7.40. The Hall–Kier alpha value is -0.240. The molecule has 0 aromatic heterocycles. The minimum absolute atomic E-state index is 0. The highest BCUT2D eigenvalue weighted by Crippen LogP contribution is 2.00. The third kappa shape index (κ3) is 5.42. The second kappa shape index (κ2) is 7.41. The van der Waals surface area contributed by atoms with Crippen molar-refractivity contribution in [2.45, 2.75) is 19.4 Å². The van der Waals surface area contributed by atoms with Crippen LogP contribution in [0.25, 0.3) is 0 Å². The lowest BCUT2D eigenvalue weighted by Gasteiger charge is -2.02. The molecule has 12 heavy (non-hydrogen) atoms. The lowest BCUT2D eigenvalue weighted by atomic mass is 10.1. The number of hydrogen-bond acceptors (Lipinski definition) is 1. The van der Waals surface area contributed by atoms with Gasteiger partial charge in [-0.3, -0.25) is 0 Å². The van der Waals surface area contributed by atoms with Crippen LogP contribution in [-0.2, 0) is 6.42 Å². The molecular formula is C9H15Cl2N. The molecule has 0 spiro atoms. The second-order valence-corrected chi connectivity index (χ2v) is 2.67. The molecular weight excluding hydrogens is 193 g/mol. The van der Waals surface area contributed by atoms with E-state index in [4.69, 9.17) is 5.73 Å². The van der Waals surface area contributed by atoms with Crippen molar-refractivity contribution in [1.29, 1.82) is 0 Å². The van der Waals surface area contributed by atoms with Crippen molar-refractivity contribution in [3.63, 3.8) is 0 Å². The van der Waals surface area contributed by atoms with Crippen molar-refractivity contribution in [1.82, 2.24) is 0 Å². The van der Waals surface area contributed by atoms with Crippen LogP contribution in [0.15, 0.2) is 30.3 Å². The van der Waals surface area contributed by atoms with E-state index in [1.807, 2.05) is 25.1 Å². The number of nitrogens with two attached hydrogens (primary N) is 1.